The van der Waals surface area contributed by atoms with Crippen molar-refractivity contribution in [1.82, 2.24) is 0 Å². The van der Waals surface area contributed by atoms with E-state index in [9.17, 15) is 4.79 Å². The van der Waals surface area contributed by atoms with Gasteiger partial charge >= 0.3 is 5.97 Å². The van der Waals surface area contributed by atoms with Gasteiger partial charge in [-0.3, -0.25) is 4.79 Å². The molecule has 0 aliphatic carbocycles. The van der Waals surface area contributed by atoms with Crippen LogP contribution in [0.1, 0.15) is 137 Å². The van der Waals surface area contributed by atoms with Crippen LogP contribution in [0.5, 0.6) is 0 Å². The maximum Gasteiger partial charge on any atom is 0.319 e. The smallest absolute Gasteiger partial charge is 0.319 e. The van der Waals surface area contributed by atoms with Crippen LogP contribution in [0.15, 0.2) is 0 Å². The molecule has 0 N–H and O–H groups in total. The van der Waals surface area contributed by atoms with Gasteiger partial charge in [0.25, 0.3) is 0 Å². The van der Waals surface area contributed by atoms with Gasteiger partial charge in [0.2, 0.25) is 0 Å². The van der Waals surface area contributed by atoms with Gasteiger partial charge in [-0.05, 0) is 33.1 Å². The predicted molar refractivity (Wildman–Crippen MR) is 123 cm³/mol. The third kappa shape index (κ3) is 17.6. The quantitative estimate of drug-likeness (QED) is 0.134. The van der Waals surface area contributed by atoms with Crippen LogP contribution >= 0.6 is 12.6 Å². The molecule has 0 saturated carbocycles. The van der Waals surface area contributed by atoms with Crippen molar-refractivity contribution in [3.63, 3.8) is 0 Å². The molecular formula is C24H48O2S. The van der Waals surface area contributed by atoms with Crippen molar-refractivity contribution in [3.8, 4) is 0 Å². The zero-order valence-electron chi connectivity index (χ0n) is 18.9. The highest BCUT2D eigenvalue weighted by atomic mass is 32.1. The normalized spacial score (nSPS) is 12.9. The number of hydrogen-bond acceptors (Lipinski definition) is 3. The van der Waals surface area contributed by atoms with Gasteiger partial charge in [0.1, 0.15) is 5.60 Å². The minimum Gasteiger partial charge on any atom is -0.459 e. The Morgan fingerprint density at radius 2 is 1.15 bits per heavy atom. The van der Waals surface area contributed by atoms with Crippen LogP contribution < -0.4 is 0 Å². The van der Waals surface area contributed by atoms with E-state index in [2.05, 4.69) is 26.5 Å². The summed E-state index contributed by atoms with van der Waals surface area (Å²) in [6.07, 6.45) is 21.1. The van der Waals surface area contributed by atoms with E-state index in [1.807, 2.05) is 13.8 Å². The van der Waals surface area contributed by atoms with Crippen molar-refractivity contribution in [2.45, 2.75) is 148 Å². The Balaban J connectivity index is 3.73. The lowest BCUT2D eigenvalue weighted by Gasteiger charge is -2.26. The third-order valence-corrected chi connectivity index (χ3v) is 5.83. The van der Waals surface area contributed by atoms with Crippen molar-refractivity contribution in [2.24, 2.45) is 0 Å². The largest absolute Gasteiger partial charge is 0.459 e. The van der Waals surface area contributed by atoms with Gasteiger partial charge in [0.05, 0.1) is 5.25 Å². The minimum atomic E-state index is -0.360. The molecule has 0 aromatic rings. The Labute approximate surface area is 176 Å². The SMILES string of the molecule is CCCCCCCCCCC(S)C(=O)OC(C)(C)CCCCCCCCC. The number of rotatable bonds is 19. The second-order valence-corrected chi connectivity index (χ2v) is 9.45. The first kappa shape index (κ1) is 26.8. The van der Waals surface area contributed by atoms with Crippen LogP contribution in [0.25, 0.3) is 0 Å². The molecule has 1 atom stereocenters. The fourth-order valence-corrected chi connectivity index (χ4v) is 3.72. The monoisotopic (exact) mass is 400 g/mol. The van der Waals surface area contributed by atoms with Crippen LogP contribution in [-0.2, 0) is 9.53 Å². The van der Waals surface area contributed by atoms with Crippen molar-refractivity contribution >= 4 is 18.6 Å². The molecule has 2 nitrogen and oxygen atoms in total. The van der Waals surface area contributed by atoms with Crippen LogP contribution in [0, 0.1) is 0 Å². The molecule has 1 unspecified atom stereocenters. The van der Waals surface area contributed by atoms with E-state index in [4.69, 9.17) is 4.74 Å². The van der Waals surface area contributed by atoms with Gasteiger partial charge in [-0.15, -0.1) is 0 Å². The Hall–Kier alpha value is -0.180. The molecule has 0 aliphatic rings. The molecule has 0 bridgehead atoms. The van der Waals surface area contributed by atoms with Crippen molar-refractivity contribution < 1.29 is 9.53 Å². The van der Waals surface area contributed by atoms with Crippen molar-refractivity contribution in [1.29, 1.82) is 0 Å². The molecule has 0 heterocycles. The maximum absolute atomic E-state index is 12.3. The number of carbonyl (C=O) groups is 1. The van der Waals surface area contributed by atoms with E-state index in [0.29, 0.717) is 0 Å². The molecule has 0 amide bonds. The lowest BCUT2D eigenvalue weighted by molar-refractivity contribution is -0.156. The molecule has 0 aromatic heterocycles. The summed E-state index contributed by atoms with van der Waals surface area (Å²) in [5, 5.41) is -0.265. The fourth-order valence-electron chi connectivity index (χ4n) is 3.49. The molecule has 0 saturated heterocycles. The second-order valence-electron chi connectivity index (χ2n) is 8.83. The highest BCUT2D eigenvalue weighted by Gasteiger charge is 2.25. The molecule has 162 valence electrons. The summed E-state index contributed by atoms with van der Waals surface area (Å²) in [5.74, 6) is -0.130. The Kier molecular flexibility index (Phi) is 17.8. The number of carbonyl (C=O) groups excluding carboxylic acids is 1. The molecule has 0 rings (SSSR count). The first-order chi connectivity index (χ1) is 12.9. The van der Waals surface area contributed by atoms with Gasteiger partial charge in [-0.25, -0.2) is 0 Å². The zero-order chi connectivity index (χ0) is 20.4. The van der Waals surface area contributed by atoms with Crippen molar-refractivity contribution in [2.75, 3.05) is 0 Å². The van der Waals surface area contributed by atoms with Crippen LogP contribution in [0.4, 0.5) is 0 Å². The highest BCUT2D eigenvalue weighted by molar-refractivity contribution is 7.81. The van der Waals surface area contributed by atoms with E-state index in [1.165, 1.54) is 83.5 Å². The molecule has 3 heteroatoms. The lowest BCUT2D eigenvalue weighted by Crippen LogP contribution is -2.32. The first-order valence-electron chi connectivity index (χ1n) is 11.8. The summed E-state index contributed by atoms with van der Waals surface area (Å²) >= 11 is 4.49. The topological polar surface area (TPSA) is 26.3 Å². The third-order valence-electron chi connectivity index (χ3n) is 5.36. The van der Waals surface area contributed by atoms with E-state index in [0.717, 1.165) is 25.7 Å². The number of thiol groups is 1. The second kappa shape index (κ2) is 17.9. The average molecular weight is 401 g/mol. The number of unbranched alkanes of at least 4 members (excludes halogenated alkanes) is 13. The van der Waals surface area contributed by atoms with E-state index >= 15 is 0 Å². The minimum absolute atomic E-state index is 0.130. The van der Waals surface area contributed by atoms with E-state index < -0.39 is 0 Å². The number of hydrogen-bond donors (Lipinski definition) is 1. The van der Waals surface area contributed by atoms with Gasteiger partial charge in [-0.1, -0.05) is 104 Å². The zero-order valence-corrected chi connectivity index (χ0v) is 19.8. The standard InChI is InChI=1S/C24H48O2S/c1-5-7-9-11-13-14-16-18-20-22(27)23(25)26-24(3,4)21-19-17-15-12-10-8-6-2/h22,27H,5-21H2,1-4H3. The summed E-state index contributed by atoms with van der Waals surface area (Å²) in [6, 6.07) is 0. The summed E-state index contributed by atoms with van der Waals surface area (Å²) in [6.45, 7) is 8.58. The first-order valence-corrected chi connectivity index (χ1v) is 12.4. The van der Waals surface area contributed by atoms with E-state index in [1.54, 1.807) is 0 Å². The van der Waals surface area contributed by atoms with Gasteiger partial charge < -0.3 is 4.74 Å². The van der Waals surface area contributed by atoms with Crippen LogP contribution in [0.3, 0.4) is 0 Å². The molecule has 0 radical (unpaired) electrons. The molecule has 0 aliphatic heterocycles. The maximum atomic E-state index is 12.3. The lowest BCUT2D eigenvalue weighted by atomic mass is 9.99. The molecule has 0 fully saturated rings. The van der Waals surface area contributed by atoms with Crippen LogP contribution in [-0.4, -0.2) is 16.8 Å². The molecule has 27 heavy (non-hydrogen) atoms. The predicted octanol–water partition coefficient (Wildman–Crippen LogP) is 8.28. The van der Waals surface area contributed by atoms with Gasteiger partial charge in [0.15, 0.2) is 0 Å². The average Bonchev–Trinajstić information content (AvgIpc) is 2.62. The Morgan fingerprint density at radius 1 is 0.741 bits per heavy atom. The fraction of sp³-hybridized carbons (Fsp3) is 0.958. The summed E-state index contributed by atoms with van der Waals surface area (Å²) in [4.78, 5) is 12.3. The number of ether oxygens (including phenoxy) is 1. The van der Waals surface area contributed by atoms with E-state index in [-0.39, 0.29) is 16.8 Å². The molecular weight excluding hydrogens is 352 g/mol. The number of esters is 1. The molecule has 0 spiro atoms. The van der Waals surface area contributed by atoms with Gasteiger partial charge in [-0.2, -0.15) is 12.6 Å². The van der Waals surface area contributed by atoms with Crippen LogP contribution in [0.2, 0.25) is 0 Å². The highest BCUT2D eigenvalue weighted by Crippen LogP contribution is 2.22. The Morgan fingerprint density at radius 3 is 1.63 bits per heavy atom. The summed E-state index contributed by atoms with van der Waals surface area (Å²) < 4.78 is 5.75. The summed E-state index contributed by atoms with van der Waals surface area (Å²) in [5.41, 5.74) is -0.360. The van der Waals surface area contributed by atoms with Gasteiger partial charge in [0, 0.05) is 0 Å². The van der Waals surface area contributed by atoms with Crippen molar-refractivity contribution in [3.05, 3.63) is 0 Å². The molecule has 0 aromatic carbocycles. The summed E-state index contributed by atoms with van der Waals surface area (Å²) in [7, 11) is 0. The Bertz CT molecular complexity index is 341.